The van der Waals surface area contributed by atoms with Crippen LogP contribution in [0.15, 0.2) is 18.5 Å². The number of ether oxygens (including phenoxy) is 3. The first-order valence-corrected chi connectivity index (χ1v) is 14.8. The molecule has 234 valence electrons. The number of nitrogens with zero attached hydrogens (tertiary/aromatic N) is 3. The summed E-state index contributed by atoms with van der Waals surface area (Å²) < 4.78 is 28.1. The van der Waals surface area contributed by atoms with Gasteiger partial charge in [-0.2, -0.15) is 0 Å². The maximum Gasteiger partial charge on any atom is 0.410 e. The molecule has 1 N–H and O–H groups in total. The van der Waals surface area contributed by atoms with Crippen molar-refractivity contribution in [2.75, 3.05) is 46.6 Å². The Kier molecular flexibility index (Phi) is 12.4. The molecule has 0 spiro atoms. The molecular weight excluding hydrogens is 546 g/mol. The number of carbonyl (C=O) groups excluding carboxylic acids is 4. The molecule has 3 rings (SSSR count). The first-order valence-electron chi connectivity index (χ1n) is 14.8. The van der Waals surface area contributed by atoms with Crippen LogP contribution >= 0.6 is 0 Å². The number of esters is 1. The van der Waals surface area contributed by atoms with Crippen LogP contribution in [0.3, 0.4) is 0 Å². The van der Waals surface area contributed by atoms with Crippen LogP contribution in [0, 0.1) is 11.8 Å². The maximum absolute atomic E-state index is 13.3. The van der Waals surface area contributed by atoms with E-state index < -0.39 is 30.2 Å². The summed E-state index contributed by atoms with van der Waals surface area (Å²) in [5.41, 5.74) is 0.00596. The van der Waals surface area contributed by atoms with Gasteiger partial charge in [0.05, 0.1) is 31.7 Å². The van der Waals surface area contributed by atoms with Gasteiger partial charge in [0.2, 0.25) is 11.8 Å². The summed E-state index contributed by atoms with van der Waals surface area (Å²) in [5.74, 6) is -0.472. The van der Waals surface area contributed by atoms with E-state index in [4.69, 9.17) is 14.2 Å². The minimum absolute atomic E-state index is 0.0232. The van der Waals surface area contributed by atoms with Crippen LogP contribution in [0.2, 0.25) is 0 Å². The largest absolute Gasteiger partial charge is 0.489 e. The molecule has 0 aliphatic carbocycles. The predicted molar refractivity (Wildman–Crippen MR) is 152 cm³/mol. The first-order chi connectivity index (χ1) is 20.0. The van der Waals surface area contributed by atoms with Gasteiger partial charge in [-0.3, -0.25) is 19.4 Å². The lowest BCUT2D eigenvalue weighted by molar-refractivity contribution is -0.141. The highest BCUT2D eigenvalue weighted by molar-refractivity contribution is 5.82. The summed E-state index contributed by atoms with van der Waals surface area (Å²) in [4.78, 5) is 58.4. The number of rotatable bonds is 11. The number of hydrogen-bond donors (Lipinski definition) is 1. The highest BCUT2D eigenvalue weighted by atomic mass is 18.2. The van der Waals surface area contributed by atoms with Crippen LogP contribution in [0.5, 0.6) is 5.75 Å². The summed E-state index contributed by atoms with van der Waals surface area (Å²) in [6, 6.07) is 0.898. The van der Waals surface area contributed by atoms with Gasteiger partial charge in [-0.25, -0.2) is 9.18 Å². The van der Waals surface area contributed by atoms with Crippen molar-refractivity contribution < 1.29 is 37.8 Å². The number of pyridine rings is 1. The second-order valence-electron chi connectivity index (χ2n) is 12.0. The van der Waals surface area contributed by atoms with Crippen molar-refractivity contribution in [2.45, 2.75) is 77.4 Å². The van der Waals surface area contributed by atoms with Crippen molar-refractivity contribution in [1.29, 1.82) is 0 Å². The normalized spacial score (nSPS) is 18.6. The van der Waals surface area contributed by atoms with E-state index >= 15 is 0 Å². The fraction of sp³-hybridized carbons (Fsp3) is 0.700. The van der Waals surface area contributed by atoms with E-state index in [-0.39, 0.29) is 30.9 Å². The molecule has 2 fully saturated rings. The zero-order chi connectivity index (χ0) is 30.7. The number of methoxy groups -OCH3 is 1. The summed E-state index contributed by atoms with van der Waals surface area (Å²) in [6.45, 7) is 6.91. The zero-order valence-corrected chi connectivity index (χ0v) is 25.2. The molecule has 0 bridgehead atoms. The van der Waals surface area contributed by atoms with E-state index in [1.807, 2.05) is 20.8 Å². The van der Waals surface area contributed by atoms with Gasteiger partial charge in [0.25, 0.3) is 0 Å². The number of aromatic nitrogens is 1. The number of piperidine rings is 2. The lowest BCUT2D eigenvalue weighted by atomic mass is 9.91. The first kappa shape index (κ1) is 33.1. The fourth-order valence-corrected chi connectivity index (χ4v) is 5.29. The van der Waals surface area contributed by atoms with Crippen molar-refractivity contribution in [1.82, 2.24) is 20.1 Å². The molecule has 0 aromatic carbocycles. The number of hydrogen-bond acceptors (Lipinski definition) is 8. The Morgan fingerprint density at radius 3 is 2.50 bits per heavy atom. The third-order valence-electron chi connectivity index (χ3n) is 7.58. The molecule has 2 saturated heterocycles. The van der Waals surface area contributed by atoms with Crippen LogP contribution in [-0.4, -0.2) is 90.8 Å². The van der Waals surface area contributed by atoms with Gasteiger partial charge < -0.3 is 29.3 Å². The SMILES string of the molecule is COC(=O)CC(NC(=O)[C@@H]1CCCN(C(=O)CCC2CCN(C(=O)OC(C)(C)C)CC2)C1)c1cncc(OCC[18F])c1. The number of carbonyl (C=O) groups is 4. The number of amides is 3. The second kappa shape index (κ2) is 15.7. The summed E-state index contributed by atoms with van der Waals surface area (Å²) in [6.07, 6.45) is 6.67. The lowest BCUT2D eigenvalue weighted by Gasteiger charge is -2.35. The Labute approximate surface area is 247 Å². The molecule has 3 heterocycles. The third kappa shape index (κ3) is 10.4. The average Bonchev–Trinajstić information content (AvgIpc) is 2.97. The quantitative estimate of drug-likeness (QED) is 0.385. The molecule has 2 atom stereocenters. The average molecular weight is 592 g/mol. The molecule has 1 aromatic rings. The summed E-state index contributed by atoms with van der Waals surface area (Å²) in [5, 5.41) is 2.93. The Hall–Kier alpha value is -3.44. The Bertz CT molecular complexity index is 1070. The zero-order valence-electron chi connectivity index (χ0n) is 25.2. The van der Waals surface area contributed by atoms with Crippen molar-refractivity contribution in [3.05, 3.63) is 24.0 Å². The molecule has 42 heavy (non-hydrogen) atoms. The smallest absolute Gasteiger partial charge is 0.410 e. The van der Waals surface area contributed by atoms with Gasteiger partial charge in [-0.05, 0) is 70.4 Å². The minimum atomic E-state index is -0.719. The molecule has 1 aromatic heterocycles. The molecule has 1 unspecified atom stereocenters. The second-order valence-corrected chi connectivity index (χ2v) is 12.0. The highest BCUT2D eigenvalue weighted by Gasteiger charge is 2.32. The maximum atomic E-state index is 13.3. The molecule has 2 aliphatic rings. The van der Waals surface area contributed by atoms with Gasteiger partial charge in [-0.15, -0.1) is 0 Å². The monoisotopic (exact) mass is 591 g/mol. The van der Waals surface area contributed by atoms with Crippen LogP contribution in [0.4, 0.5) is 9.18 Å². The van der Waals surface area contributed by atoms with Crippen molar-refractivity contribution >= 4 is 23.9 Å². The number of nitrogens with one attached hydrogen (secondary N) is 1. The van der Waals surface area contributed by atoms with E-state index in [9.17, 15) is 23.6 Å². The molecule has 2 aliphatic heterocycles. The molecule has 11 nitrogen and oxygen atoms in total. The van der Waals surface area contributed by atoms with E-state index in [2.05, 4.69) is 10.3 Å². The van der Waals surface area contributed by atoms with Gasteiger partial charge in [-0.1, -0.05) is 0 Å². The Morgan fingerprint density at radius 1 is 1.10 bits per heavy atom. The minimum Gasteiger partial charge on any atom is -0.489 e. The Balaban J connectivity index is 1.51. The predicted octanol–water partition coefficient (Wildman–Crippen LogP) is 3.82. The molecule has 0 saturated carbocycles. The van der Waals surface area contributed by atoms with Gasteiger partial charge in [0.1, 0.15) is 24.6 Å². The van der Waals surface area contributed by atoms with Crippen molar-refractivity contribution in [3.63, 3.8) is 0 Å². The number of alkyl halides is 1. The van der Waals surface area contributed by atoms with Gasteiger partial charge >= 0.3 is 12.1 Å². The van der Waals surface area contributed by atoms with Gasteiger partial charge in [0, 0.05) is 38.8 Å². The summed E-state index contributed by atoms with van der Waals surface area (Å²) >= 11 is 0. The van der Waals surface area contributed by atoms with E-state index in [1.54, 1.807) is 15.9 Å². The standard InChI is InChI=1S/C30H45FN4O7/c1-30(2,3)42-29(39)34-13-9-21(10-14-34)7-8-26(36)35-12-5-6-22(20-35)28(38)33-25(17-27(37)40-4)23-16-24(19-32-18-23)41-15-11-31/h16,18-19,21-22,25H,5-15,17,20H2,1-4H3,(H,33,38)/t22-,25?/m1/s1/i31-1. The lowest BCUT2D eigenvalue weighted by Crippen LogP contribution is -2.46. The summed E-state index contributed by atoms with van der Waals surface area (Å²) in [7, 11) is 1.27. The van der Waals surface area contributed by atoms with E-state index in [0.717, 1.165) is 19.3 Å². The molecule has 0 radical (unpaired) electrons. The van der Waals surface area contributed by atoms with Crippen LogP contribution in [0.25, 0.3) is 0 Å². The number of likely N-dealkylation sites (tertiary alicyclic amines) is 2. The molecular formula is C30H45FN4O7. The third-order valence-corrected chi connectivity index (χ3v) is 7.58. The molecule has 3 amide bonds. The van der Waals surface area contributed by atoms with Crippen molar-refractivity contribution in [3.8, 4) is 5.75 Å². The van der Waals surface area contributed by atoms with Crippen molar-refractivity contribution in [2.24, 2.45) is 11.8 Å². The fourth-order valence-electron chi connectivity index (χ4n) is 5.29. The van der Waals surface area contributed by atoms with Gasteiger partial charge in [0.15, 0.2) is 0 Å². The highest BCUT2D eigenvalue weighted by Crippen LogP contribution is 2.26. The van der Waals surface area contributed by atoms with Crippen LogP contribution in [-0.2, 0) is 23.9 Å². The van der Waals surface area contributed by atoms with E-state index in [0.29, 0.717) is 62.7 Å². The van der Waals surface area contributed by atoms with Crippen LogP contribution in [0.1, 0.15) is 77.3 Å². The Morgan fingerprint density at radius 2 is 1.83 bits per heavy atom. The van der Waals surface area contributed by atoms with E-state index in [1.165, 1.54) is 19.5 Å². The molecule has 12 heteroatoms. The topological polar surface area (TPSA) is 127 Å². The van der Waals surface area contributed by atoms with Crippen LogP contribution < -0.4 is 10.1 Å². The number of halogens is 1.